The number of hydrogen-bond donors (Lipinski definition) is 2. The van der Waals surface area contributed by atoms with Gasteiger partial charge in [0.25, 0.3) is 0 Å². The van der Waals surface area contributed by atoms with Crippen LogP contribution < -0.4 is 5.73 Å². The number of nitrogens with two attached hydrogens (primary N) is 1. The first-order valence-electron chi connectivity index (χ1n) is 16.2. The molecule has 0 aromatic carbocycles. The van der Waals surface area contributed by atoms with E-state index in [4.69, 9.17) is 15.6 Å². The normalized spacial score (nSPS) is 41.9. The number of aldehydes is 1. The van der Waals surface area contributed by atoms with E-state index in [2.05, 4.69) is 40.7 Å². The molecule has 0 aromatic heterocycles. The minimum atomic E-state index is -0.679. The Hall–Kier alpha value is -1.69. The van der Waals surface area contributed by atoms with Crippen LogP contribution in [0.1, 0.15) is 127 Å². The number of rotatable bonds is 5. The predicted molar refractivity (Wildman–Crippen MR) is 168 cm³/mol. The van der Waals surface area contributed by atoms with Gasteiger partial charge in [0.15, 0.2) is 0 Å². The molecule has 5 aliphatic carbocycles. The molecule has 0 bridgehead atoms. The second kappa shape index (κ2) is 12.0. The van der Waals surface area contributed by atoms with Crippen LogP contribution in [0.3, 0.4) is 0 Å². The third kappa shape index (κ3) is 5.63. The number of primary amides is 1. The molecule has 0 spiro atoms. The van der Waals surface area contributed by atoms with Gasteiger partial charge in [-0.3, -0.25) is 9.59 Å². The summed E-state index contributed by atoms with van der Waals surface area (Å²) in [6, 6.07) is 0. The van der Waals surface area contributed by atoms with Crippen LogP contribution in [-0.4, -0.2) is 36.5 Å². The van der Waals surface area contributed by atoms with Gasteiger partial charge in [0.2, 0.25) is 5.91 Å². The summed E-state index contributed by atoms with van der Waals surface area (Å²) in [4.78, 5) is 37.0. The number of aliphatic hydroxyl groups is 1. The van der Waals surface area contributed by atoms with Gasteiger partial charge in [-0.2, -0.15) is 0 Å². The third-order valence-electron chi connectivity index (χ3n) is 13.1. The van der Waals surface area contributed by atoms with Gasteiger partial charge in [0, 0.05) is 12.5 Å². The molecule has 4 saturated carbocycles. The lowest BCUT2D eigenvalue weighted by atomic mass is 9.38. The van der Waals surface area contributed by atoms with Crippen molar-refractivity contribution in [2.75, 3.05) is 7.11 Å². The molecule has 240 valence electrons. The lowest BCUT2D eigenvalue weighted by molar-refractivity contribution is -0.180. The van der Waals surface area contributed by atoms with Gasteiger partial charge in [-0.15, -0.1) is 0 Å². The fraction of sp³-hybridized carbons (Fsp3) is 0.861. The summed E-state index contributed by atoms with van der Waals surface area (Å²) in [7, 11) is 1.00. The first kappa shape index (κ1) is 34.8. The van der Waals surface area contributed by atoms with Crippen LogP contribution in [0.15, 0.2) is 11.6 Å². The average Bonchev–Trinajstić information content (AvgIpc) is 2.90. The van der Waals surface area contributed by atoms with Crippen LogP contribution in [0, 0.1) is 56.7 Å². The lowest BCUT2D eigenvalue weighted by Crippen LogP contribution is -2.61. The zero-order valence-electron chi connectivity index (χ0n) is 27.1. The van der Waals surface area contributed by atoms with Crippen molar-refractivity contribution in [2.45, 2.75) is 133 Å². The van der Waals surface area contributed by atoms with Gasteiger partial charge in [-0.25, -0.2) is 0 Å². The minimum Gasteiger partial charge on any atom is -0.462 e. The van der Waals surface area contributed by atoms with Crippen LogP contribution in [0.5, 0.6) is 0 Å². The van der Waals surface area contributed by atoms with Crippen LogP contribution >= 0.6 is 0 Å². The van der Waals surface area contributed by atoms with Crippen LogP contribution in [0.4, 0.5) is 0 Å². The van der Waals surface area contributed by atoms with E-state index in [1.165, 1.54) is 12.8 Å². The highest BCUT2D eigenvalue weighted by Crippen LogP contribution is 2.70. The smallest absolute Gasteiger partial charge is 0.307 e. The van der Waals surface area contributed by atoms with E-state index in [0.717, 1.165) is 64.8 Å². The third-order valence-corrected chi connectivity index (χ3v) is 13.1. The molecule has 1 amide bonds. The van der Waals surface area contributed by atoms with Crippen molar-refractivity contribution >= 4 is 18.2 Å². The molecule has 0 aliphatic heterocycles. The number of hydrogen-bond acceptors (Lipinski definition) is 5. The van der Waals surface area contributed by atoms with Crippen LogP contribution in [0.2, 0.25) is 0 Å². The van der Waals surface area contributed by atoms with E-state index in [-0.39, 0.29) is 53.5 Å². The SMILES string of the molecule is C.CC1C(OC(=O)CC(C)(C)C=O)CCC2(C)C1CCC1(C)C3CCC4(C(N)=O)CCC(C)(C)CC4C3=CCC12.CO. The highest BCUT2D eigenvalue weighted by atomic mass is 16.5. The van der Waals surface area contributed by atoms with Gasteiger partial charge in [0.1, 0.15) is 12.4 Å². The van der Waals surface area contributed by atoms with Crippen molar-refractivity contribution in [1.82, 2.24) is 0 Å². The predicted octanol–water partition coefficient (Wildman–Crippen LogP) is 7.26. The van der Waals surface area contributed by atoms with E-state index in [1.54, 1.807) is 19.4 Å². The molecule has 0 aromatic rings. The molecule has 5 rings (SSSR count). The summed E-state index contributed by atoms with van der Waals surface area (Å²) in [6.07, 6.45) is 14.1. The molecule has 0 saturated heterocycles. The van der Waals surface area contributed by atoms with E-state index < -0.39 is 5.41 Å². The maximum Gasteiger partial charge on any atom is 0.307 e. The van der Waals surface area contributed by atoms with Crippen molar-refractivity contribution < 1.29 is 24.2 Å². The average molecular weight is 588 g/mol. The van der Waals surface area contributed by atoms with Crippen LogP contribution in [-0.2, 0) is 19.1 Å². The Morgan fingerprint density at radius 3 is 2.26 bits per heavy atom. The van der Waals surface area contributed by atoms with Crippen molar-refractivity contribution in [3.8, 4) is 0 Å². The molecule has 4 fully saturated rings. The molecule has 42 heavy (non-hydrogen) atoms. The van der Waals surface area contributed by atoms with Gasteiger partial charge in [0.05, 0.1) is 11.8 Å². The van der Waals surface area contributed by atoms with Crippen molar-refractivity contribution in [2.24, 2.45) is 62.4 Å². The molecule has 6 heteroatoms. The molecule has 0 radical (unpaired) electrons. The van der Waals surface area contributed by atoms with Crippen molar-refractivity contribution in [1.29, 1.82) is 0 Å². The molecule has 6 nitrogen and oxygen atoms in total. The first-order chi connectivity index (χ1) is 19.1. The largest absolute Gasteiger partial charge is 0.462 e. The van der Waals surface area contributed by atoms with Crippen molar-refractivity contribution in [3.05, 3.63) is 11.6 Å². The Kier molecular flexibility index (Phi) is 9.95. The number of allylic oxidation sites excluding steroid dienone is 2. The van der Waals surface area contributed by atoms with Gasteiger partial charge in [-0.1, -0.05) is 67.5 Å². The maximum atomic E-state index is 13.0. The van der Waals surface area contributed by atoms with Crippen molar-refractivity contribution in [3.63, 3.8) is 0 Å². The van der Waals surface area contributed by atoms with Gasteiger partial charge in [-0.05, 0) is 110 Å². The molecule has 9 atom stereocenters. The fourth-order valence-corrected chi connectivity index (χ4v) is 10.7. The molecule has 0 heterocycles. The Labute approximate surface area is 256 Å². The Morgan fingerprint density at radius 2 is 1.64 bits per heavy atom. The zero-order chi connectivity index (χ0) is 30.6. The number of aliphatic hydroxyl groups excluding tert-OH is 1. The molecule has 9 unspecified atom stereocenters. The summed E-state index contributed by atoms with van der Waals surface area (Å²) < 4.78 is 6.04. The topological polar surface area (TPSA) is 107 Å². The minimum absolute atomic E-state index is 0. The van der Waals surface area contributed by atoms with Crippen LogP contribution in [0.25, 0.3) is 0 Å². The first-order valence-corrected chi connectivity index (χ1v) is 16.2. The molecule has 5 aliphatic rings. The quantitative estimate of drug-likeness (QED) is 0.200. The second-order valence-electron chi connectivity index (χ2n) is 16.4. The maximum absolute atomic E-state index is 13.0. The number of fused-ring (bicyclic) bond motifs is 7. The molecular weight excluding hydrogens is 526 g/mol. The molecule has 3 N–H and O–H groups in total. The number of carbonyl (C=O) groups excluding carboxylic acids is 3. The monoisotopic (exact) mass is 587 g/mol. The highest BCUT2D eigenvalue weighted by molar-refractivity contribution is 5.82. The van der Waals surface area contributed by atoms with Gasteiger partial charge < -0.3 is 20.4 Å². The lowest BCUT2D eigenvalue weighted by Gasteiger charge is -2.66. The zero-order valence-corrected chi connectivity index (χ0v) is 27.1. The number of esters is 1. The second-order valence-corrected chi connectivity index (χ2v) is 16.4. The Morgan fingerprint density at radius 1 is 1.00 bits per heavy atom. The standard InChI is InChI=1S/C34H53NO4.CH4O.CH4/c1-21-23-10-13-33(7)24-11-15-34(29(35)38)17-16-30(2,3)18-25(34)22(24)8-9-27(33)32(23,6)14-12-26(21)39-28(37)19-31(4,5)20-36;1-2;/h8,20-21,23-27H,9-19H2,1-7H3,(H2,35,38);2H,1H3;1H4. The summed E-state index contributed by atoms with van der Waals surface area (Å²) in [5.74, 6) is 1.97. The summed E-state index contributed by atoms with van der Waals surface area (Å²) in [5, 5.41) is 7.00. The number of amides is 1. The number of carbonyl (C=O) groups is 3. The van der Waals surface area contributed by atoms with Gasteiger partial charge >= 0.3 is 5.97 Å². The van der Waals surface area contributed by atoms with E-state index in [9.17, 15) is 14.4 Å². The number of ether oxygens (including phenoxy) is 1. The summed E-state index contributed by atoms with van der Waals surface area (Å²) >= 11 is 0. The Balaban J connectivity index is 0.00000158. The summed E-state index contributed by atoms with van der Waals surface area (Å²) in [6.45, 7) is 15.7. The van der Waals surface area contributed by atoms with E-state index in [0.29, 0.717) is 29.6 Å². The Bertz CT molecular complexity index is 1060. The summed E-state index contributed by atoms with van der Waals surface area (Å²) in [5.41, 5.74) is 7.42. The molecular formula is C36H61NO5. The fourth-order valence-electron chi connectivity index (χ4n) is 10.7. The van der Waals surface area contributed by atoms with E-state index >= 15 is 0 Å². The highest BCUT2D eigenvalue weighted by Gasteiger charge is 2.64. The van der Waals surface area contributed by atoms with E-state index in [1.807, 2.05) is 0 Å².